The lowest BCUT2D eigenvalue weighted by molar-refractivity contribution is -0.117. The number of carbonyl (C=O) groups is 1. The van der Waals surface area contributed by atoms with Crippen LogP contribution in [0.2, 0.25) is 0 Å². The van der Waals surface area contributed by atoms with E-state index >= 15 is 0 Å². The predicted octanol–water partition coefficient (Wildman–Crippen LogP) is 4.22. The number of anilines is 3. The normalized spacial score (nSPS) is 11.5. The van der Waals surface area contributed by atoms with Crippen molar-refractivity contribution in [2.45, 2.75) is 13.0 Å². The van der Waals surface area contributed by atoms with Crippen LogP contribution in [0.25, 0.3) is 0 Å². The summed E-state index contributed by atoms with van der Waals surface area (Å²) in [6.45, 7) is 1.76. The predicted molar refractivity (Wildman–Crippen MR) is 112 cm³/mol. The van der Waals surface area contributed by atoms with Crippen LogP contribution in [-0.2, 0) is 4.79 Å². The molecule has 0 saturated carbocycles. The molecule has 5 nitrogen and oxygen atoms in total. The molecule has 2 N–H and O–H groups in total. The van der Waals surface area contributed by atoms with Crippen LogP contribution in [-0.4, -0.2) is 30.3 Å². The molecule has 0 heterocycles. The molecule has 0 aromatic heterocycles. The highest BCUT2D eigenvalue weighted by atomic mass is 16.5. The minimum atomic E-state index is -0.800. The van der Waals surface area contributed by atoms with Crippen LogP contribution in [0.3, 0.4) is 0 Å². The lowest BCUT2D eigenvalue weighted by Crippen LogP contribution is -2.38. The summed E-state index contributed by atoms with van der Waals surface area (Å²) in [5, 5.41) is 13.6. The number of rotatable bonds is 8. The molecule has 0 radical (unpaired) electrons. The van der Waals surface area contributed by atoms with Gasteiger partial charge in [0, 0.05) is 24.0 Å². The van der Waals surface area contributed by atoms with E-state index in [1.165, 1.54) is 6.92 Å². The molecule has 0 aliphatic heterocycles. The van der Waals surface area contributed by atoms with Gasteiger partial charge in [0.1, 0.15) is 18.5 Å². The van der Waals surface area contributed by atoms with E-state index in [0.717, 1.165) is 17.1 Å². The van der Waals surface area contributed by atoms with E-state index in [-0.39, 0.29) is 19.1 Å². The maximum Gasteiger partial charge on any atom is 0.223 e. The smallest absolute Gasteiger partial charge is 0.223 e. The highest BCUT2D eigenvalue weighted by Crippen LogP contribution is 2.20. The van der Waals surface area contributed by atoms with Gasteiger partial charge in [-0.05, 0) is 48.5 Å². The molecule has 1 atom stereocenters. The van der Waals surface area contributed by atoms with Crippen LogP contribution >= 0.6 is 0 Å². The Kier molecular flexibility index (Phi) is 6.65. The third-order valence-electron chi connectivity index (χ3n) is 4.20. The van der Waals surface area contributed by atoms with E-state index in [2.05, 4.69) is 5.32 Å². The number of benzene rings is 3. The van der Waals surface area contributed by atoms with Gasteiger partial charge >= 0.3 is 0 Å². The van der Waals surface area contributed by atoms with Crippen molar-refractivity contribution in [1.82, 2.24) is 0 Å². The molecule has 0 aliphatic carbocycles. The second kappa shape index (κ2) is 9.58. The number of para-hydroxylation sites is 2. The van der Waals surface area contributed by atoms with Gasteiger partial charge in [-0.25, -0.2) is 0 Å². The summed E-state index contributed by atoms with van der Waals surface area (Å²) in [6, 6.07) is 26.7. The van der Waals surface area contributed by atoms with Gasteiger partial charge in [-0.15, -0.1) is 0 Å². The number of carbonyl (C=O) groups excluding carboxylic acids is 1. The zero-order valence-corrected chi connectivity index (χ0v) is 15.8. The Hall–Kier alpha value is -3.31. The van der Waals surface area contributed by atoms with Crippen molar-refractivity contribution in [2.75, 3.05) is 23.4 Å². The molecule has 3 rings (SSSR count). The third kappa shape index (κ3) is 5.59. The average molecular weight is 376 g/mol. The molecule has 144 valence electrons. The standard InChI is InChI=1S/C23H24N2O3/c1-18(26)25(21-10-6-3-7-11-21)16-22(27)17-28-23-14-12-20(13-15-23)24-19-8-4-2-5-9-19/h2-15,22,24,27H,16-17H2,1H3. The molecule has 0 bridgehead atoms. The Balaban J connectivity index is 1.52. The van der Waals surface area contributed by atoms with Gasteiger partial charge in [0.05, 0.1) is 6.54 Å². The molecule has 1 unspecified atom stereocenters. The molecule has 0 aliphatic rings. The van der Waals surface area contributed by atoms with Crippen molar-refractivity contribution < 1.29 is 14.6 Å². The number of aliphatic hydroxyl groups is 1. The van der Waals surface area contributed by atoms with Gasteiger partial charge < -0.3 is 20.1 Å². The zero-order valence-electron chi connectivity index (χ0n) is 15.8. The first kappa shape index (κ1) is 19.5. The minimum Gasteiger partial charge on any atom is -0.491 e. The zero-order chi connectivity index (χ0) is 19.8. The summed E-state index contributed by atoms with van der Waals surface area (Å²) in [5.74, 6) is 0.535. The van der Waals surface area contributed by atoms with Crippen molar-refractivity contribution in [3.8, 4) is 5.75 Å². The Morgan fingerprint density at radius 3 is 2.11 bits per heavy atom. The van der Waals surface area contributed by atoms with Crippen molar-refractivity contribution in [2.24, 2.45) is 0 Å². The molecule has 0 saturated heterocycles. The van der Waals surface area contributed by atoms with E-state index < -0.39 is 6.10 Å². The molecular formula is C23H24N2O3. The number of nitrogens with one attached hydrogen (secondary N) is 1. The Labute approximate surface area is 165 Å². The Morgan fingerprint density at radius 1 is 0.929 bits per heavy atom. The molecule has 1 amide bonds. The van der Waals surface area contributed by atoms with Gasteiger partial charge in [0.2, 0.25) is 5.91 Å². The van der Waals surface area contributed by atoms with Gasteiger partial charge in [-0.3, -0.25) is 4.79 Å². The summed E-state index contributed by atoms with van der Waals surface area (Å²) in [4.78, 5) is 13.5. The van der Waals surface area contributed by atoms with E-state index in [4.69, 9.17) is 4.74 Å². The highest BCUT2D eigenvalue weighted by molar-refractivity contribution is 5.91. The first-order valence-corrected chi connectivity index (χ1v) is 9.18. The number of amides is 1. The average Bonchev–Trinajstić information content (AvgIpc) is 2.73. The van der Waals surface area contributed by atoms with Gasteiger partial charge in [0.25, 0.3) is 0 Å². The van der Waals surface area contributed by atoms with E-state index in [9.17, 15) is 9.90 Å². The highest BCUT2D eigenvalue weighted by Gasteiger charge is 2.16. The SMILES string of the molecule is CC(=O)N(CC(O)COc1ccc(Nc2ccccc2)cc1)c1ccccc1. The van der Waals surface area contributed by atoms with E-state index in [0.29, 0.717) is 5.75 Å². The van der Waals surface area contributed by atoms with Crippen LogP contribution < -0.4 is 15.0 Å². The van der Waals surface area contributed by atoms with Gasteiger partial charge in [-0.1, -0.05) is 36.4 Å². The van der Waals surface area contributed by atoms with E-state index in [1.54, 1.807) is 4.90 Å². The number of aliphatic hydroxyl groups excluding tert-OH is 1. The number of nitrogens with zero attached hydrogens (tertiary/aromatic N) is 1. The fraction of sp³-hybridized carbons (Fsp3) is 0.174. The summed E-state index contributed by atoms with van der Waals surface area (Å²) in [6.07, 6.45) is -0.800. The fourth-order valence-electron chi connectivity index (χ4n) is 2.80. The first-order valence-electron chi connectivity index (χ1n) is 9.18. The Bertz CT molecular complexity index is 867. The monoisotopic (exact) mass is 376 g/mol. The molecular weight excluding hydrogens is 352 g/mol. The van der Waals surface area contributed by atoms with Gasteiger partial charge in [-0.2, -0.15) is 0 Å². The molecule has 5 heteroatoms. The summed E-state index contributed by atoms with van der Waals surface area (Å²) < 4.78 is 5.67. The summed E-state index contributed by atoms with van der Waals surface area (Å²) in [5.41, 5.74) is 2.72. The minimum absolute atomic E-state index is 0.0993. The summed E-state index contributed by atoms with van der Waals surface area (Å²) in [7, 11) is 0. The maximum absolute atomic E-state index is 11.9. The lowest BCUT2D eigenvalue weighted by atomic mass is 10.2. The Morgan fingerprint density at radius 2 is 1.50 bits per heavy atom. The lowest BCUT2D eigenvalue weighted by Gasteiger charge is -2.24. The quantitative estimate of drug-likeness (QED) is 0.618. The molecule has 0 spiro atoms. The number of hydrogen-bond acceptors (Lipinski definition) is 4. The van der Waals surface area contributed by atoms with Crippen LogP contribution in [0.1, 0.15) is 6.92 Å². The third-order valence-corrected chi connectivity index (χ3v) is 4.20. The van der Waals surface area contributed by atoms with Crippen LogP contribution in [0.4, 0.5) is 17.1 Å². The van der Waals surface area contributed by atoms with Crippen molar-refractivity contribution >= 4 is 23.0 Å². The maximum atomic E-state index is 11.9. The van der Waals surface area contributed by atoms with Gasteiger partial charge in [0.15, 0.2) is 0 Å². The molecule has 3 aromatic rings. The second-order valence-corrected chi connectivity index (χ2v) is 6.45. The van der Waals surface area contributed by atoms with Crippen LogP contribution in [0.15, 0.2) is 84.9 Å². The number of ether oxygens (including phenoxy) is 1. The fourth-order valence-corrected chi connectivity index (χ4v) is 2.80. The topological polar surface area (TPSA) is 61.8 Å². The van der Waals surface area contributed by atoms with E-state index in [1.807, 2.05) is 84.9 Å². The van der Waals surface area contributed by atoms with Crippen molar-refractivity contribution in [3.05, 3.63) is 84.9 Å². The van der Waals surface area contributed by atoms with Crippen LogP contribution in [0, 0.1) is 0 Å². The number of hydrogen-bond donors (Lipinski definition) is 2. The molecule has 3 aromatic carbocycles. The summed E-state index contributed by atoms with van der Waals surface area (Å²) >= 11 is 0. The van der Waals surface area contributed by atoms with Crippen LogP contribution in [0.5, 0.6) is 5.75 Å². The van der Waals surface area contributed by atoms with Crippen molar-refractivity contribution in [1.29, 1.82) is 0 Å². The first-order chi connectivity index (χ1) is 13.6. The largest absolute Gasteiger partial charge is 0.491 e. The molecule has 0 fully saturated rings. The van der Waals surface area contributed by atoms with Crippen molar-refractivity contribution in [3.63, 3.8) is 0 Å². The molecule has 28 heavy (non-hydrogen) atoms. The second-order valence-electron chi connectivity index (χ2n) is 6.45.